The van der Waals surface area contributed by atoms with Crippen molar-refractivity contribution >= 4 is 23.5 Å². The van der Waals surface area contributed by atoms with Gasteiger partial charge in [-0.05, 0) is 91.8 Å². The summed E-state index contributed by atoms with van der Waals surface area (Å²) in [5.74, 6) is -1.18. The van der Waals surface area contributed by atoms with Crippen LogP contribution in [0.2, 0.25) is 0 Å². The number of anilines is 1. The summed E-state index contributed by atoms with van der Waals surface area (Å²) in [5.41, 5.74) is 3.22. The number of hydrogen-bond acceptors (Lipinski definition) is 5. The number of carbonyl (C=O) groups is 3. The summed E-state index contributed by atoms with van der Waals surface area (Å²) in [6, 6.07) is 32.7. The fourth-order valence-corrected chi connectivity index (χ4v) is 5.89. The third-order valence-electron chi connectivity index (χ3n) is 9.69. The molecule has 0 fully saturated rings. The zero-order valence-electron chi connectivity index (χ0n) is 30.4. The van der Waals surface area contributed by atoms with E-state index in [4.69, 9.17) is 4.74 Å². The molecule has 9 heteroatoms. The van der Waals surface area contributed by atoms with Gasteiger partial charge in [-0.25, -0.2) is 0 Å². The number of aromatic nitrogens is 1. The lowest BCUT2D eigenvalue weighted by atomic mass is 9.82. The van der Waals surface area contributed by atoms with Crippen LogP contribution in [-0.2, 0) is 38.2 Å². The molecule has 4 aromatic carbocycles. The summed E-state index contributed by atoms with van der Waals surface area (Å²) >= 11 is 0. The molecule has 2 amide bonds. The lowest BCUT2D eigenvalue weighted by molar-refractivity contribution is -0.142. The predicted molar refractivity (Wildman–Crippen MR) is 204 cm³/mol. The van der Waals surface area contributed by atoms with E-state index in [0.717, 1.165) is 22.3 Å². The molecular formula is C43H45N3O6. The Bertz CT molecular complexity index is 2100. The maximum atomic E-state index is 14.1. The molecular weight excluding hydrogens is 654 g/mol. The normalized spacial score (nSPS) is 12.1. The summed E-state index contributed by atoms with van der Waals surface area (Å²) in [4.78, 5) is 53.7. The molecule has 0 bridgehead atoms. The Balaban J connectivity index is 1.42. The van der Waals surface area contributed by atoms with E-state index < -0.39 is 28.7 Å². The molecule has 5 aromatic rings. The summed E-state index contributed by atoms with van der Waals surface area (Å²) in [6.07, 6.45) is 1.78. The fraction of sp³-hybridized carbons (Fsp3) is 0.256. The molecule has 0 aliphatic heterocycles. The standard InChI is InChI=1S/C43H45N3O6/c1-28-24-25-46(27-30-14-22-35(52-6)23-15-30)39(48)37(28)45-38(47)36(26-29-12-18-34(19-13-29)43(4,5)41(50)51)44-40(49)42(2,3)33-20-16-32(17-21-33)31-10-8-7-9-11-31/h7-25,36H,26-27H2,1-6H3,(H,44,49)(H,45,47)(H,50,51)/t36-/m0/s1. The van der Waals surface area contributed by atoms with Gasteiger partial charge in [-0.1, -0.05) is 91.0 Å². The Labute approximate surface area is 304 Å². The number of pyridine rings is 1. The van der Waals surface area contributed by atoms with Gasteiger partial charge in [0, 0.05) is 12.6 Å². The number of ether oxygens (including phenoxy) is 1. The Morgan fingerprint density at radius 1 is 0.750 bits per heavy atom. The Kier molecular flexibility index (Phi) is 11.1. The molecule has 1 heterocycles. The highest BCUT2D eigenvalue weighted by atomic mass is 16.5. The number of benzene rings is 4. The topological polar surface area (TPSA) is 127 Å². The number of aryl methyl sites for hydroxylation is 1. The predicted octanol–water partition coefficient (Wildman–Crippen LogP) is 6.89. The van der Waals surface area contributed by atoms with Gasteiger partial charge >= 0.3 is 5.97 Å². The number of methoxy groups -OCH3 is 1. The maximum Gasteiger partial charge on any atom is 0.313 e. The molecule has 5 rings (SSSR count). The average Bonchev–Trinajstić information content (AvgIpc) is 3.15. The number of carboxylic acid groups (broad SMARTS) is 1. The zero-order chi connectivity index (χ0) is 37.6. The summed E-state index contributed by atoms with van der Waals surface area (Å²) in [7, 11) is 1.59. The van der Waals surface area contributed by atoms with Gasteiger partial charge in [-0.3, -0.25) is 19.2 Å². The van der Waals surface area contributed by atoms with Crippen molar-refractivity contribution in [2.45, 2.75) is 64.5 Å². The van der Waals surface area contributed by atoms with E-state index in [0.29, 0.717) is 22.4 Å². The first-order valence-corrected chi connectivity index (χ1v) is 17.1. The minimum absolute atomic E-state index is 0.0975. The molecule has 0 aliphatic rings. The van der Waals surface area contributed by atoms with E-state index in [9.17, 15) is 24.3 Å². The van der Waals surface area contributed by atoms with Gasteiger partial charge in [0.05, 0.1) is 24.5 Å². The second-order valence-corrected chi connectivity index (χ2v) is 14.1. The van der Waals surface area contributed by atoms with Crippen molar-refractivity contribution in [2.75, 3.05) is 12.4 Å². The number of nitrogens with zero attached hydrogens (tertiary/aromatic N) is 1. The highest BCUT2D eigenvalue weighted by Crippen LogP contribution is 2.28. The third kappa shape index (κ3) is 8.32. The van der Waals surface area contributed by atoms with Crippen LogP contribution in [0.4, 0.5) is 5.69 Å². The van der Waals surface area contributed by atoms with Crippen LogP contribution in [0.5, 0.6) is 5.75 Å². The number of carbonyl (C=O) groups excluding carboxylic acids is 2. The van der Waals surface area contributed by atoms with Crippen LogP contribution in [0.25, 0.3) is 11.1 Å². The zero-order valence-corrected chi connectivity index (χ0v) is 30.4. The van der Waals surface area contributed by atoms with E-state index in [1.165, 1.54) is 4.57 Å². The Hall–Kier alpha value is -5.96. The molecule has 1 atom stereocenters. The van der Waals surface area contributed by atoms with Crippen molar-refractivity contribution < 1.29 is 24.2 Å². The molecule has 3 N–H and O–H groups in total. The van der Waals surface area contributed by atoms with Crippen LogP contribution in [0, 0.1) is 6.92 Å². The molecule has 0 radical (unpaired) electrons. The molecule has 0 unspecified atom stereocenters. The van der Waals surface area contributed by atoms with E-state index in [1.54, 1.807) is 78.3 Å². The summed E-state index contributed by atoms with van der Waals surface area (Å²) in [5, 5.41) is 15.5. The van der Waals surface area contributed by atoms with Crippen LogP contribution >= 0.6 is 0 Å². The van der Waals surface area contributed by atoms with Gasteiger partial charge < -0.3 is 25.0 Å². The van der Waals surface area contributed by atoms with Crippen LogP contribution in [-0.4, -0.2) is 40.6 Å². The van der Waals surface area contributed by atoms with Gasteiger partial charge in [0.25, 0.3) is 5.56 Å². The fourth-order valence-electron chi connectivity index (χ4n) is 5.89. The van der Waals surface area contributed by atoms with Crippen LogP contribution in [0.3, 0.4) is 0 Å². The SMILES string of the molecule is COc1ccc(Cn2ccc(C)c(NC(=O)[C@H](Cc3ccc(C(C)(C)C(=O)O)cc3)NC(=O)C(C)(C)c3ccc(-c4ccccc4)cc3)c2=O)cc1. The van der Waals surface area contributed by atoms with Crippen LogP contribution in [0.1, 0.15) is 55.5 Å². The van der Waals surface area contributed by atoms with E-state index >= 15 is 0 Å². The number of aliphatic carboxylic acids is 1. The van der Waals surface area contributed by atoms with Gasteiger partial charge in [-0.15, -0.1) is 0 Å². The lowest BCUT2D eigenvalue weighted by Gasteiger charge is -2.28. The van der Waals surface area contributed by atoms with E-state index in [1.807, 2.05) is 78.9 Å². The monoisotopic (exact) mass is 699 g/mol. The quantitative estimate of drug-likeness (QED) is 0.123. The van der Waals surface area contributed by atoms with Crippen LogP contribution in [0.15, 0.2) is 120 Å². The average molecular weight is 700 g/mol. The molecule has 0 saturated carbocycles. The highest BCUT2D eigenvalue weighted by Gasteiger charge is 2.34. The third-order valence-corrected chi connectivity index (χ3v) is 9.69. The van der Waals surface area contributed by atoms with Crippen molar-refractivity contribution in [1.82, 2.24) is 9.88 Å². The minimum Gasteiger partial charge on any atom is -0.497 e. The molecule has 1 aromatic heterocycles. The van der Waals surface area contributed by atoms with Crippen molar-refractivity contribution in [3.8, 4) is 16.9 Å². The maximum absolute atomic E-state index is 14.1. The first kappa shape index (κ1) is 37.3. The van der Waals surface area contributed by atoms with Gasteiger partial charge in [0.2, 0.25) is 11.8 Å². The number of nitrogens with one attached hydrogen (secondary N) is 2. The molecule has 9 nitrogen and oxygen atoms in total. The second kappa shape index (κ2) is 15.5. The number of carboxylic acids is 1. The van der Waals surface area contributed by atoms with Gasteiger partial charge in [-0.2, -0.15) is 0 Å². The van der Waals surface area contributed by atoms with Gasteiger partial charge in [0.15, 0.2) is 0 Å². The molecule has 0 spiro atoms. The number of hydrogen-bond donors (Lipinski definition) is 3. The smallest absolute Gasteiger partial charge is 0.313 e. The Morgan fingerprint density at radius 3 is 1.90 bits per heavy atom. The first-order chi connectivity index (χ1) is 24.7. The molecule has 52 heavy (non-hydrogen) atoms. The molecule has 0 saturated heterocycles. The number of rotatable bonds is 13. The van der Waals surface area contributed by atoms with Crippen molar-refractivity contribution in [3.63, 3.8) is 0 Å². The van der Waals surface area contributed by atoms with Crippen molar-refractivity contribution in [3.05, 3.63) is 154 Å². The summed E-state index contributed by atoms with van der Waals surface area (Å²) in [6.45, 7) is 8.88. The molecule has 0 aliphatic carbocycles. The van der Waals surface area contributed by atoms with Crippen LogP contribution < -0.4 is 20.9 Å². The second-order valence-electron chi connectivity index (χ2n) is 14.1. The summed E-state index contributed by atoms with van der Waals surface area (Å²) < 4.78 is 6.76. The van der Waals surface area contributed by atoms with Gasteiger partial charge in [0.1, 0.15) is 17.5 Å². The molecule has 268 valence electrons. The van der Waals surface area contributed by atoms with E-state index in [-0.39, 0.29) is 30.1 Å². The minimum atomic E-state index is -1.11. The van der Waals surface area contributed by atoms with Crippen molar-refractivity contribution in [1.29, 1.82) is 0 Å². The van der Waals surface area contributed by atoms with E-state index in [2.05, 4.69) is 10.6 Å². The first-order valence-electron chi connectivity index (χ1n) is 17.1. The highest BCUT2D eigenvalue weighted by molar-refractivity contribution is 5.99. The lowest BCUT2D eigenvalue weighted by Crippen LogP contribution is -2.51. The van der Waals surface area contributed by atoms with Crippen molar-refractivity contribution in [2.24, 2.45) is 0 Å². The number of amides is 2. The Morgan fingerprint density at radius 2 is 1.31 bits per heavy atom. The largest absolute Gasteiger partial charge is 0.497 e.